The van der Waals surface area contributed by atoms with E-state index in [1.54, 1.807) is 11.3 Å². The van der Waals surface area contributed by atoms with E-state index in [0.29, 0.717) is 0 Å². The minimum absolute atomic E-state index is 0.973. The molecule has 0 fully saturated rings. The normalized spacial score (nSPS) is 10.3. The second-order valence-electron chi connectivity index (χ2n) is 3.55. The van der Waals surface area contributed by atoms with E-state index < -0.39 is 0 Å². The lowest BCUT2D eigenvalue weighted by Crippen LogP contribution is -1.85. The lowest BCUT2D eigenvalue weighted by atomic mass is 10.1. The van der Waals surface area contributed by atoms with Crippen LogP contribution in [0.1, 0.15) is 16.0 Å². The summed E-state index contributed by atoms with van der Waals surface area (Å²) < 4.78 is 0. The van der Waals surface area contributed by atoms with Gasteiger partial charge in [0, 0.05) is 24.5 Å². The molecular weight excluding hydrogens is 204 g/mol. The van der Waals surface area contributed by atoms with Crippen molar-refractivity contribution in [1.82, 2.24) is 4.98 Å². The highest BCUT2D eigenvalue weighted by atomic mass is 32.1. The highest BCUT2D eigenvalue weighted by Crippen LogP contribution is 2.20. The van der Waals surface area contributed by atoms with Crippen molar-refractivity contribution in [2.75, 3.05) is 12.4 Å². The third-order valence-electron chi connectivity index (χ3n) is 2.23. The Balaban J connectivity index is 2.14. The Morgan fingerprint density at radius 1 is 1.40 bits per heavy atom. The summed E-state index contributed by atoms with van der Waals surface area (Å²) in [6.45, 7) is 2.12. The van der Waals surface area contributed by atoms with Gasteiger partial charge in [-0.3, -0.25) is 0 Å². The van der Waals surface area contributed by atoms with E-state index in [1.807, 2.05) is 13.2 Å². The second kappa shape index (κ2) is 4.45. The average molecular weight is 218 g/mol. The first-order valence-electron chi connectivity index (χ1n) is 4.96. The monoisotopic (exact) mass is 218 g/mol. The molecule has 1 aromatic heterocycles. The number of aryl methyl sites for hydroxylation is 1. The van der Waals surface area contributed by atoms with E-state index in [9.17, 15) is 0 Å². The van der Waals surface area contributed by atoms with Gasteiger partial charge in [0.15, 0.2) is 5.13 Å². The van der Waals surface area contributed by atoms with Crippen LogP contribution in [0.4, 0.5) is 5.13 Å². The van der Waals surface area contributed by atoms with Gasteiger partial charge in [-0.15, -0.1) is 11.3 Å². The first kappa shape index (κ1) is 10.2. The Labute approximate surface area is 94.0 Å². The van der Waals surface area contributed by atoms with Gasteiger partial charge in [-0.1, -0.05) is 29.8 Å². The van der Waals surface area contributed by atoms with Crippen LogP contribution in [0.25, 0.3) is 0 Å². The van der Waals surface area contributed by atoms with Crippen LogP contribution < -0.4 is 5.32 Å². The minimum Gasteiger partial charge on any atom is -0.365 e. The van der Waals surface area contributed by atoms with Crippen LogP contribution in [-0.4, -0.2) is 12.0 Å². The fourth-order valence-electron chi connectivity index (χ4n) is 1.53. The van der Waals surface area contributed by atoms with Crippen molar-refractivity contribution in [2.45, 2.75) is 13.3 Å². The lowest BCUT2D eigenvalue weighted by Gasteiger charge is -1.99. The number of hydrogen-bond donors (Lipinski definition) is 1. The molecule has 0 atom stereocenters. The average Bonchev–Trinajstić information content (AvgIpc) is 2.65. The van der Waals surface area contributed by atoms with Gasteiger partial charge >= 0.3 is 0 Å². The zero-order valence-electron chi connectivity index (χ0n) is 8.95. The van der Waals surface area contributed by atoms with Crippen LogP contribution in [0.3, 0.4) is 0 Å². The zero-order chi connectivity index (χ0) is 10.7. The highest BCUT2D eigenvalue weighted by Gasteiger charge is 2.01. The molecule has 78 valence electrons. The number of aromatic nitrogens is 1. The SMILES string of the molecule is CNc1ncc(Cc2cccc(C)c2)s1. The standard InChI is InChI=1S/C12H14N2S/c1-9-4-3-5-10(6-9)7-11-8-14-12(13-2)15-11/h3-6,8H,7H2,1-2H3,(H,13,14). The van der Waals surface area contributed by atoms with Gasteiger partial charge in [0.05, 0.1) is 0 Å². The van der Waals surface area contributed by atoms with Crippen molar-refractivity contribution < 1.29 is 0 Å². The summed E-state index contributed by atoms with van der Waals surface area (Å²) in [6, 6.07) is 8.60. The van der Waals surface area contributed by atoms with Gasteiger partial charge in [-0.05, 0) is 12.5 Å². The van der Waals surface area contributed by atoms with Crippen molar-refractivity contribution >= 4 is 16.5 Å². The Hall–Kier alpha value is -1.35. The first-order chi connectivity index (χ1) is 7.28. The first-order valence-corrected chi connectivity index (χ1v) is 5.77. The van der Waals surface area contributed by atoms with Crippen LogP contribution in [-0.2, 0) is 6.42 Å². The summed E-state index contributed by atoms with van der Waals surface area (Å²) in [5.74, 6) is 0. The van der Waals surface area contributed by atoms with Gasteiger partial charge in [-0.2, -0.15) is 0 Å². The molecule has 0 amide bonds. The second-order valence-corrected chi connectivity index (χ2v) is 4.66. The largest absolute Gasteiger partial charge is 0.365 e. The fraction of sp³-hybridized carbons (Fsp3) is 0.250. The van der Waals surface area contributed by atoms with Crippen molar-refractivity contribution in [2.24, 2.45) is 0 Å². The van der Waals surface area contributed by atoms with Crippen molar-refractivity contribution in [3.63, 3.8) is 0 Å². The molecule has 1 heterocycles. The van der Waals surface area contributed by atoms with E-state index in [0.717, 1.165) is 11.6 Å². The molecule has 0 radical (unpaired) electrons. The van der Waals surface area contributed by atoms with E-state index in [4.69, 9.17) is 0 Å². The molecule has 0 unspecified atom stereocenters. The topological polar surface area (TPSA) is 24.9 Å². The Bertz CT molecular complexity index is 448. The van der Waals surface area contributed by atoms with Gasteiger partial charge in [0.25, 0.3) is 0 Å². The number of thiazole rings is 1. The summed E-state index contributed by atoms with van der Waals surface area (Å²) >= 11 is 1.71. The smallest absolute Gasteiger partial charge is 0.182 e. The van der Waals surface area contributed by atoms with E-state index in [-0.39, 0.29) is 0 Å². The molecule has 3 heteroatoms. The van der Waals surface area contributed by atoms with Crippen molar-refractivity contribution in [3.05, 3.63) is 46.5 Å². The summed E-state index contributed by atoms with van der Waals surface area (Å²) in [4.78, 5) is 5.56. The molecule has 2 rings (SSSR count). The molecule has 1 N–H and O–H groups in total. The Kier molecular flexibility index (Phi) is 3.02. The van der Waals surface area contributed by atoms with Gasteiger partial charge < -0.3 is 5.32 Å². The van der Waals surface area contributed by atoms with Gasteiger partial charge in [-0.25, -0.2) is 4.98 Å². The number of anilines is 1. The molecule has 0 aliphatic heterocycles. The minimum atomic E-state index is 0.973. The molecule has 0 saturated heterocycles. The van der Waals surface area contributed by atoms with Crippen LogP contribution in [0, 0.1) is 6.92 Å². The third kappa shape index (κ3) is 2.57. The maximum Gasteiger partial charge on any atom is 0.182 e. The van der Waals surface area contributed by atoms with E-state index >= 15 is 0 Å². The Morgan fingerprint density at radius 2 is 2.27 bits per heavy atom. The van der Waals surface area contributed by atoms with E-state index in [2.05, 4.69) is 41.5 Å². The van der Waals surface area contributed by atoms with Gasteiger partial charge in [0.1, 0.15) is 0 Å². The lowest BCUT2D eigenvalue weighted by molar-refractivity contribution is 1.20. The molecular formula is C12H14N2S. The van der Waals surface area contributed by atoms with Crippen LogP contribution in [0.15, 0.2) is 30.5 Å². The number of rotatable bonds is 3. The van der Waals surface area contributed by atoms with Crippen molar-refractivity contribution in [1.29, 1.82) is 0 Å². The maximum absolute atomic E-state index is 4.26. The highest BCUT2D eigenvalue weighted by molar-refractivity contribution is 7.15. The predicted octanol–water partition coefficient (Wildman–Crippen LogP) is 3.08. The van der Waals surface area contributed by atoms with Crippen LogP contribution >= 0.6 is 11.3 Å². The molecule has 0 bridgehead atoms. The molecule has 0 aliphatic rings. The molecule has 0 aliphatic carbocycles. The fourth-order valence-corrected chi connectivity index (χ4v) is 2.33. The molecule has 2 nitrogen and oxygen atoms in total. The quantitative estimate of drug-likeness (QED) is 0.856. The maximum atomic E-state index is 4.26. The number of benzene rings is 1. The third-order valence-corrected chi connectivity index (χ3v) is 3.24. The van der Waals surface area contributed by atoms with Crippen molar-refractivity contribution in [3.8, 4) is 0 Å². The molecule has 0 saturated carbocycles. The summed E-state index contributed by atoms with van der Waals surface area (Å²) in [5, 5.41) is 4.04. The molecule has 0 spiro atoms. The number of hydrogen-bond acceptors (Lipinski definition) is 3. The van der Waals surface area contributed by atoms with Gasteiger partial charge in [0.2, 0.25) is 0 Å². The predicted molar refractivity (Wildman–Crippen MR) is 65.6 cm³/mol. The van der Waals surface area contributed by atoms with E-state index in [1.165, 1.54) is 16.0 Å². The summed E-state index contributed by atoms with van der Waals surface area (Å²) in [5.41, 5.74) is 2.66. The molecule has 1 aromatic carbocycles. The summed E-state index contributed by atoms with van der Waals surface area (Å²) in [7, 11) is 1.90. The molecule has 2 aromatic rings. The number of nitrogens with one attached hydrogen (secondary N) is 1. The zero-order valence-corrected chi connectivity index (χ0v) is 9.77. The Morgan fingerprint density at radius 3 is 2.93 bits per heavy atom. The number of nitrogens with zero attached hydrogens (tertiary/aromatic N) is 1. The summed E-state index contributed by atoms with van der Waals surface area (Å²) in [6.07, 6.45) is 2.92. The van der Waals surface area contributed by atoms with Crippen LogP contribution in [0.2, 0.25) is 0 Å². The molecule has 15 heavy (non-hydrogen) atoms. The van der Waals surface area contributed by atoms with Crippen LogP contribution in [0.5, 0.6) is 0 Å².